The van der Waals surface area contributed by atoms with E-state index in [1.54, 1.807) is 12.4 Å². The third kappa shape index (κ3) is 2.40. The lowest BCUT2D eigenvalue weighted by Gasteiger charge is -2.30. The van der Waals surface area contributed by atoms with Gasteiger partial charge in [-0.1, -0.05) is 20.3 Å². The molecule has 2 rings (SSSR count). The lowest BCUT2D eigenvalue weighted by Crippen LogP contribution is -2.39. The summed E-state index contributed by atoms with van der Waals surface area (Å²) in [6.45, 7) is 6.86. The van der Waals surface area contributed by atoms with Crippen molar-refractivity contribution in [2.24, 2.45) is 5.41 Å². The zero-order chi connectivity index (χ0) is 11.6. The first-order valence-electron chi connectivity index (χ1n) is 6.11. The fraction of sp³-hybridized carbons (Fsp3) is 0.692. The van der Waals surface area contributed by atoms with Gasteiger partial charge in [-0.15, -0.1) is 0 Å². The average molecular weight is 219 g/mol. The highest BCUT2D eigenvalue weighted by atomic mass is 15.0. The summed E-state index contributed by atoms with van der Waals surface area (Å²) in [5.41, 5.74) is 1.45. The first-order chi connectivity index (χ1) is 7.59. The molecular weight excluding hydrogens is 198 g/mol. The molecule has 0 spiro atoms. The fourth-order valence-electron chi connectivity index (χ4n) is 2.56. The second-order valence-corrected chi connectivity index (χ2v) is 5.45. The van der Waals surface area contributed by atoms with Gasteiger partial charge in [0, 0.05) is 30.7 Å². The summed E-state index contributed by atoms with van der Waals surface area (Å²) in [6.07, 6.45) is 9.25. The highest BCUT2D eigenvalue weighted by Crippen LogP contribution is 2.38. The van der Waals surface area contributed by atoms with Gasteiger partial charge < -0.3 is 5.32 Å². The van der Waals surface area contributed by atoms with Gasteiger partial charge in [0.1, 0.15) is 0 Å². The van der Waals surface area contributed by atoms with Crippen LogP contribution in [0.2, 0.25) is 0 Å². The van der Waals surface area contributed by atoms with Gasteiger partial charge in [0.05, 0.1) is 5.69 Å². The Morgan fingerprint density at radius 1 is 1.44 bits per heavy atom. The normalized spacial score (nSPS) is 25.6. The summed E-state index contributed by atoms with van der Waals surface area (Å²) in [4.78, 5) is 8.46. The number of rotatable bonds is 3. The summed E-state index contributed by atoms with van der Waals surface area (Å²) in [5, 5.41) is 3.68. The van der Waals surface area contributed by atoms with E-state index >= 15 is 0 Å². The number of aromatic nitrogens is 2. The van der Waals surface area contributed by atoms with Crippen molar-refractivity contribution in [1.82, 2.24) is 15.3 Å². The summed E-state index contributed by atoms with van der Waals surface area (Å²) in [7, 11) is 0. The van der Waals surface area contributed by atoms with Crippen molar-refractivity contribution in [2.75, 3.05) is 0 Å². The van der Waals surface area contributed by atoms with E-state index in [1.807, 2.05) is 6.20 Å². The van der Waals surface area contributed by atoms with Gasteiger partial charge in [0.15, 0.2) is 0 Å². The second kappa shape index (κ2) is 4.50. The first kappa shape index (κ1) is 11.5. The molecule has 3 nitrogen and oxygen atoms in total. The molecule has 1 N–H and O–H groups in total. The van der Waals surface area contributed by atoms with Gasteiger partial charge in [-0.2, -0.15) is 0 Å². The molecule has 0 radical (unpaired) electrons. The van der Waals surface area contributed by atoms with Crippen LogP contribution in [0.25, 0.3) is 0 Å². The Bertz CT molecular complexity index is 334. The van der Waals surface area contributed by atoms with Crippen LogP contribution in [0, 0.1) is 5.41 Å². The molecule has 1 aromatic heterocycles. The van der Waals surface area contributed by atoms with Crippen molar-refractivity contribution >= 4 is 0 Å². The highest BCUT2D eigenvalue weighted by molar-refractivity contribution is 5.03. The zero-order valence-electron chi connectivity index (χ0n) is 10.4. The largest absolute Gasteiger partial charge is 0.305 e. The Labute approximate surface area is 97.7 Å². The molecule has 1 aromatic rings. The van der Waals surface area contributed by atoms with E-state index in [0.29, 0.717) is 11.5 Å². The molecule has 1 aliphatic rings. The molecule has 0 aliphatic heterocycles. The Balaban J connectivity index is 2.00. The van der Waals surface area contributed by atoms with Crippen LogP contribution in [0.15, 0.2) is 18.6 Å². The second-order valence-electron chi connectivity index (χ2n) is 5.45. The number of hydrogen-bond acceptors (Lipinski definition) is 3. The molecule has 16 heavy (non-hydrogen) atoms. The predicted molar refractivity (Wildman–Crippen MR) is 65.0 cm³/mol. The van der Waals surface area contributed by atoms with Crippen LogP contribution < -0.4 is 5.32 Å². The fourth-order valence-corrected chi connectivity index (χ4v) is 2.56. The van der Waals surface area contributed by atoms with Gasteiger partial charge in [0.2, 0.25) is 0 Å². The minimum Gasteiger partial charge on any atom is -0.305 e. The lowest BCUT2D eigenvalue weighted by molar-refractivity contribution is 0.265. The number of hydrogen-bond donors (Lipinski definition) is 1. The minimum absolute atomic E-state index is 0.288. The monoisotopic (exact) mass is 219 g/mol. The molecule has 2 atom stereocenters. The summed E-state index contributed by atoms with van der Waals surface area (Å²) in [6, 6.07) is 0.889. The van der Waals surface area contributed by atoms with Gasteiger partial charge in [0.25, 0.3) is 0 Å². The smallest absolute Gasteiger partial charge is 0.0753 e. The minimum atomic E-state index is 0.288. The molecule has 2 unspecified atom stereocenters. The molecule has 1 saturated carbocycles. The van der Waals surface area contributed by atoms with E-state index in [2.05, 4.69) is 36.1 Å². The van der Waals surface area contributed by atoms with Crippen LogP contribution in [0.3, 0.4) is 0 Å². The summed E-state index contributed by atoms with van der Waals surface area (Å²) >= 11 is 0. The standard InChI is InChI=1S/C13H21N3/c1-10(11-9-14-7-8-15-11)16-12-5-4-6-13(12,2)3/h7-10,12,16H,4-6H2,1-3H3. The maximum absolute atomic E-state index is 4.34. The molecule has 0 bridgehead atoms. The Hall–Kier alpha value is -0.960. The molecule has 1 heterocycles. The van der Waals surface area contributed by atoms with E-state index < -0.39 is 0 Å². The van der Waals surface area contributed by atoms with Crippen LogP contribution in [0.4, 0.5) is 0 Å². The molecule has 0 saturated heterocycles. The van der Waals surface area contributed by atoms with E-state index in [9.17, 15) is 0 Å². The van der Waals surface area contributed by atoms with Gasteiger partial charge in [-0.05, 0) is 25.2 Å². The molecule has 0 amide bonds. The highest BCUT2D eigenvalue weighted by Gasteiger charge is 2.35. The van der Waals surface area contributed by atoms with E-state index in [-0.39, 0.29) is 6.04 Å². The number of nitrogens with one attached hydrogen (secondary N) is 1. The van der Waals surface area contributed by atoms with Crippen molar-refractivity contribution in [3.05, 3.63) is 24.3 Å². The maximum Gasteiger partial charge on any atom is 0.0753 e. The van der Waals surface area contributed by atoms with Crippen molar-refractivity contribution in [1.29, 1.82) is 0 Å². The van der Waals surface area contributed by atoms with Gasteiger partial charge in [-0.3, -0.25) is 9.97 Å². The van der Waals surface area contributed by atoms with E-state index in [4.69, 9.17) is 0 Å². The maximum atomic E-state index is 4.34. The summed E-state index contributed by atoms with van der Waals surface area (Å²) in [5.74, 6) is 0. The van der Waals surface area contributed by atoms with Crippen LogP contribution in [-0.2, 0) is 0 Å². The molecule has 0 aromatic carbocycles. The van der Waals surface area contributed by atoms with Crippen LogP contribution in [-0.4, -0.2) is 16.0 Å². The van der Waals surface area contributed by atoms with Crippen molar-refractivity contribution in [3.8, 4) is 0 Å². The van der Waals surface area contributed by atoms with Gasteiger partial charge in [-0.25, -0.2) is 0 Å². The molecule has 88 valence electrons. The van der Waals surface area contributed by atoms with Crippen molar-refractivity contribution in [3.63, 3.8) is 0 Å². The molecule has 1 fully saturated rings. The van der Waals surface area contributed by atoms with Crippen LogP contribution in [0.5, 0.6) is 0 Å². The molecule has 3 heteroatoms. The van der Waals surface area contributed by atoms with Gasteiger partial charge >= 0.3 is 0 Å². The SMILES string of the molecule is CC(NC1CCCC1(C)C)c1cnccn1. The zero-order valence-corrected chi connectivity index (χ0v) is 10.4. The molecule has 1 aliphatic carbocycles. The van der Waals surface area contributed by atoms with E-state index in [0.717, 1.165) is 5.69 Å². The quantitative estimate of drug-likeness (QED) is 0.849. The van der Waals surface area contributed by atoms with E-state index in [1.165, 1.54) is 19.3 Å². The lowest BCUT2D eigenvalue weighted by atomic mass is 9.87. The topological polar surface area (TPSA) is 37.8 Å². The van der Waals surface area contributed by atoms with Crippen molar-refractivity contribution in [2.45, 2.75) is 52.1 Å². The summed E-state index contributed by atoms with van der Waals surface area (Å²) < 4.78 is 0. The Morgan fingerprint density at radius 2 is 2.25 bits per heavy atom. The third-order valence-electron chi connectivity index (χ3n) is 3.74. The first-order valence-corrected chi connectivity index (χ1v) is 6.11. The van der Waals surface area contributed by atoms with Crippen LogP contribution in [0.1, 0.15) is 51.8 Å². The number of nitrogens with zero attached hydrogens (tertiary/aromatic N) is 2. The Kier molecular flexibility index (Phi) is 3.24. The molecular formula is C13H21N3. The van der Waals surface area contributed by atoms with Crippen LogP contribution >= 0.6 is 0 Å². The Morgan fingerprint density at radius 3 is 2.81 bits per heavy atom. The third-order valence-corrected chi connectivity index (χ3v) is 3.74. The average Bonchev–Trinajstić information content (AvgIpc) is 2.59. The predicted octanol–water partition coefficient (Wildman–Crippen LogP) is 2.71. The van der Waals surface area contributed by atoms with Crippen molar-refractivity contribution < 1.29 is 0 Å².